The van der Waals surface area contributed by atoms with Crippen molar-refractivity contribution in [3.8, 4) is 11.5 Å². The zero-order valence-corrected chi connectivity index (χ0v) is 30.5. The number of phenolic OH excluding ortho intramolecular Hbond substituents is 2. The van der Waals surface area contributed by atoms with Gasteiger partial charge in [-0.2, -0.15) is 6.20 Å². The summed E-state index contributed by atoms with van der Waals surface area (Å²) in [5, 5.41) is 32.1. The normalized spacial score (nSPS) is 15.2. The van der Waals surface area contributed by atoms with Crippen molar-refractivity contribution in [3.05, 3.63) is 99.0 Å². The molecule has 0 atom stereocenters. The fourth-order valence-electron chi connectivity index (χ4n) is 4.87. The molecule has 2 fully saturated rings. The van der Waals surface area contributed by atoms with Gasteiger partial charge in [-0.15, -0.1) is 38.8 Å². The van der Waals surface area contributed by atoms with Gasteiger partial charge in [-0.3, -0.25) is 0 Å². The number of hydrogen-bond acceptors (Lipinski definition) is 2. The average molecular weight is 664 g/mol. The van der Waals surface area contributed by atoms with Crippen LogP contribution in [0.3, 0.4) is 0 Å². The third-order valence-electron chi connectivity index (χ3n) is 7.60. The monoisotopic (exact) mass is 663 g/mol. The van der Waals surface area contributed by atoms with E-state index >= 15 is 0 Å². The van der Waals surface area contributed by atoms with Crippen LogP contribution in [-0.4, -0.2) is 42.9 Å². The minimum absolute atomic E-state index is 0. The van der Waals surface area contributed by atoms with E-state index in [1.54, 1.807) is 6.20 Å². The number of para-hydroxylation sites is 2. The van der Waals surface area contributed by atoms with E-state index in [1.807, 2.05) is 54.6 Å². The van der Waals surface area contributed by atoms with Gasteiger partial charge in [0.25, 0.3) is 0 Å². The van der Waals surface area contributed by atoms with E-state index in [-0.39, 0.29) is 16.8 Å². The van der Waals surface area contributed by atoms with Crippen LogP contribution in [0.15, 0.2) is 60.8 Å². The fraction of sp³-hybridized carbons (Fsp3) is 0.590. The molecule has 0 saturated carbocycles. The number of allylic oxidation sites excluding steroid dienone is 2. The Labute approximate surface area is 287 Å². The standard InChI is InChI=1S/2C12H18O.2C5H10N.C5H6N.Co/c2*1-8(2)10-6-5-7-11(9(3)4)12(10)13;3*1-2-4-6-5-3-1;/h2*5-9,13H,1-4H3;2*1-5H2;1-4H,5H2;/q;;3*-1;+3. The van der Waals surface area contributed by atoms with Crippen molar-refractivity contribution in [2.45, 2.75) is 118 Å². The second-order valence-corrected chi connectivity index (χ2v) is 12.8. The molecule has 2 aromatic carbocycles. The molecule has 0 amide bonds. The van der Waals surface area contributed by atoms with Gasteiger partial charge in [0, 0.05) is 0 Å². The number of aromatic hydroxyl groups is 2. The maximum absolute atomic E-state index is 9.93. The van der Waals surface area contributed by atoms with E-state index in [4.69, 9.17) is 0 Å². The maximum atomic E-state index is 9.93. The fourth-order valence-corrected chi connectivity index (χ4v) is 4.87. The summed E-state index contributed by atoms with van der Waals surface area (Å²) in [4.78, 5) is 0. The van der Waals surface area contributed by atoms with Crippen molar-refractivity contribution < 1.29 is 27.0 Å². The van der Waals surface area contributed by atoms with E-state index in [9.17, 15) is 10.2 Å². The Bertz CT molecular complexity index is 911. The van der Waals surface area contributed by atoms with E-state index < -0.39 is 0 Å². The molecule has 5 nitrogen and oxygen atoms in total. The first-order valence-corrected chi connectivity index (χ1v) is 17.0. The first-order chi connectivity index (χ1) is 21.1. The number of piperidine rings is 2. The average Bonchev–Trinajstić information content (AvgIpc) is 3.04. The number of hydrogen-bond donors (Lipinski definition) is 2. The number of nitrogens with zero attached hydrogens (tertiary/aromatic N) is 3. The topological polar surface area (TPSA) is 82.8 Å². The minimum atomic E-state index is 0. The van der Waals surface area contributed by atoms with Crippen molar-refractivity contribution in [3.63, 3.8) is 0 Å². The predicted octanol–water partition coefficient (Wildman–Crippen LogP) is 11.8. The van der Waals surface area contributed by atoms with Crippen LogP contribution in [0.4, 0.5) is 0 Å². The van der Waals surface area contributed by atoms with Crippen molar-refractivity contribution in [2.75, 3.05) is 32.7 Å². The van der Waals surface area contributed by atoms with E-state index in [1.165, 1.54) is 38.5 Å². The molecule has 0 aromatic heterocycles. The summed E-state index contributed by atoms with van der Waals surface area (Å²) in [6, 6.07) is 12.0. The van der Waals surface area contributed by atoms with Gasteiger partial charge in [0.15, 0.2) is 0 Å². The third kappa shape index (κ3) is 18.5. The Hall–Kier alpha value is -2.25. The SMILES string of the molecule is C1=CC[N-]C=C1.C1CC[N-]CC1.C1CC[N-]CC1.CC(C)c1cccc(C(C)C)c1O.CC(C)c1cccc(C(C)C)c1O.[Co+3]. The summed E-state index contributed by atoms with van der Waals surface area (Å²) >= 11 is 0. The predicted molar refractivity (Wildman–Crippen MR) is 193 cm³/mol. The van der Waals surface area contributed by atoms with Gasteiger partial charge in [-0.05, 0) is 45.9 Å². The van der Waals surface area contributed by atoms with Crippen molar-refractivity contribution in [2.24, 2.45) is 0 Å². The van der Waals surface area contributed by atoms with Gasteiger partial charge < -0.3 is 26.2 Å². The summed E-state index contributed by atoms with van der Waals surface area (Å²) in [6.07, 6.45) is 15.9. The molecule has 3 aliphatic heterocycles. The third-order valence-corrected chi connectivity index (χ3v) is 7.60. The Morgan fingerprint density at radius 2 is 0.844 bits per heavy atom. The molecule has 0 unspecified atom stereocenters. The molecule has 45 heavy (non-hydrogen) atoms. The number of rotatable bonds is 4. The molecule has 5 rings (SSSR count). The molecule has 0 bridgehead atoms. The van der Waals surface area contributed by atoms with Gasteiger partial charge in [0.05, 0.1) is 0 Å². The molecule has 2 saturated heterocycles. The largest absolute Gasteiger partial charge is 3.00 e. The smallest absolute Gasteiger partial charge is 0.687 e. The molecule has 0 spiro atoms. The van der Waals surface area contributed by atoms with Crippen LogP contribution in [0, 0.1) is 0 Å². The molecule has 0 aliphatic carbocycles. The van der Waals surface area contributed by atoms with Crippen molar-refractivity contribution in [1.82, 2.24) is 0 Å². The van der Waals surface area contributed by atoms with E-state index in [2.05, 4.69) is 71.3 Å². The van der Waals surface area contributed by atoms with Crippen LogP contribution in [0.25, 0.3) is 16.0 Å². The Kier molecular flexibility index (Phi) is 24.6. The first-order valence-electron chi connectivity index (χ1n) is 17.0. The van der Waals surface area contributed by atoms with Crippen LogP contribution in [-0.2, 0) is 16.8 Å². The van der Waals surface area contributed by atoms with Gasteiger partial charge in [0.2, 0.25) is 0 Å². The van der Waals surface area contributed by atoms with Gasteiger partial charge in [-0.25, -0.2) is 0 Å². The zero-order valence-electron chi connectivity index (χ0n) is 29.4. The second kappa shape index (κ2) is 25.9. The Morgan fingerprint density at radius 3 is 0.978 bits per heavy atom. The Balaban J connectivity index is 0.000000561. The van der Waals surface area contributed by atoms with Crippen LogP contribution in [0.5, 0.6) is 11.5 Å². The van der Waals surface area contributed by atoms with Crippen LogP contribution < -0.4 is 0 Å². The number of phenols is 2. The second-order valence-electron chi connectivity index (χ2n) is 12.8. The molecular weight excluding hydrogens is 601 g/mol. The summed E-state index contributed by atoms with van der Waals surface area (Å²) in [5.74, 6) is 2.51. The Morgan fingerprint density at radius 1 is 0.511 bits per heavy atom. The molecule has 3 heterocycles. The van der Waals surface area contributed by atoms with Gasteiger partial charge >= 0.3 is 16.8 Å². The van der Waals surface area contributed by atoms with Crippen LogP contribution in [0.1, 0.15) is 140 Å². The summed E-state index contributed by atoms with van der Waals surface area (Å²) in [7, 11) is 0. The van der Waals surface area contributed by atoms with Crippen LogP contribution in [0.2, 0.25) is 0 Å². The molecule has 2 aromatic rings. The summed E-state index contributed by atoms with van der Waals surface area (Å²) in [6.45, 7) is 22.1. The quantitative estimate of drug-likeness (QED) is 0.341. The number of benzene rings is 2. The van der Waals surface area contributed by atoms with Crippen molar-refractivity contribution in [1.29, 1.82) is 0 Å². The molecular formula is C39H62CoN3O2. The van der Waals surface area contributed by atoms with Gasteiger partial charge in [-0.1, -0.05) is 142 Å². The molecule has 0 radical (unpaired) electrons. The van der Waals surface area contributed by atoms with Crippen molar-refractivity contribution >= 4 is 0 Å². The summed E-state index contributed by atoms with van der Waals surface area (Å²) < 4.78 is 0. The first kappa shape index (κ1) is 42.7. The van der Waals surface area contributed by atoms with Gasteiger partial charge in [0.1, 0.15) is 11.5 Å². The molecule has 6 heteroatoms. The molecule has 3 aliphatic rings. The van der Waals surface area contributed by atoms with E-state index in [0.717, 1.165) is 55.0 Å². The van der Waals surface area contributed by atoms with Crippen LogP contribution >= 0.6 is 0 Å². The maximum Gasteiger partial charge on any atom is 3.00 e. The van der Waals surface area contributed by atoms with E-state index in [0.29, 0.717) is 35.2 Å². The minimum Gasteiger partial charge on any atom is -0.687 e. The molecule has 2 N–H and O–H groups in total. The summed E-state index contributed by atoms with van der Waals surface area (Å²) in [5.41, 5.74) is 4.19. The zero-order chi connectivity index (χ0) is 32.7. The molecule has 254 valence electrons.